The molecule has 4 heteroatoms. The van der Waals surface area contributed by atoms with Crippen molar-refractivity contribution >= 4 is 0 Å². The van der Waals surface area contributed by atoms with Crippen LogP contribution in [0.5, 0.6) is 5.75 Å². The first-order chi connectivity index (χ1) is 11.6. The Morgan fingerprint density at radius 3 is 2.54 bits per heavy atom. The maximum Gasteiger partial charge on any atom is 0.266 e. The molecule has 0 saturated heterocycles. The summed E-state index contributed by atoms with van der Waals surface area (Å²) in [7, 11) is 1.60. The van der Waals surface area contributed by atoms with Gasteiger partial charge in [-0.15, -0.1) is 0 Å². The number of nitrogens with zero attached hydrogens (tertiary/aromatic N) is 1. The van der Waals surface area contributed by atoms with Crippen LogP contribution in [0.15, 0.2) is 59.4 Å². The molecule has 24 heavy (non-hydrogen) atoms. The highest BCUT2D eigenvalue weighted by Gasteiger charge is 2.14. The van der Waals surface area contributed by atoms with Crippen LogP contribution >= 0.6 is 0 Å². The van der Waals surface area contributed by atoms with Crippen LogP contribution in [0.1, 0.15) is 11.1 Å². The van der Waals surface area contributed by atoms with Gasteiger partial charge < -0.3 is 9.72 Å². The van der Waals surface area contributed by atoms with Gasteiger partial charge in [0.25, 0.3) is 5.56 Å². The zero-order valence-electron chi connectivity index (χ0n) is 13.5. The van der Waals surface area contributed by atoms with E-state index in [0.717, 1.165) is 16.7 Å². The van der Waals surface area contributed by atoms with Crippen LogP contribution in [0.3, 0.4) is 0 Å². The number of hydrogen-bond donors (Lipinski definition) is 1. The minimum atomic E-state index is -0.393. The third-order valence-corrected chi connectivity index (χ3v) is 3.96. The Bertz CT molecular complexity index is 997. The van der Waals surface area contributed by atoms with Crippen molar-refractivity contribution in [1.82, 2.24) is 4.98 Å². The molecular weight excluding hydrogens is 300 g/mol. The molecule has 3 rings (SSSR count). The normalized spacial score (nSPS) is 10.2. The van der Waals surface area contributed by atoms with Crippen molar-refractivity contribution in [3.63, 3.8) is 0 Å². The lowest BCUT2D eigenvalue weighted by atomic mass is 9.96. The number of nitriles is 1. The number of aromatic nitrogens is 1. The Kier molecular flexibility index (Phi) is 4.17. The molecule has 0 spiro atoms. The number of ether oxygens (including phenoxy) is 1. The van der Waals surface area contributed by atoms with Gasteiger partial charge in [-0.25, -0.2) is 0 Å². The molecule has 0 bridgehead atoms. The first-order valence-corrected chi connectivity index (χ1v) is 7.52. The van der Waals surface area contributed by atoms with Gasteiger partial charge in [0.15, 0.2) is 0 Å². The fourth-order valence-electron chi connectivity index (χ4n) is 2.70. The van der Waals surface area contributed by atoms with Gasteiger partial charge in [0.05, 0.1) is 7.11 Å². The molecule has 0 amide bonds. The largest absolute Gasteiger partial charge is 0.497 e. The monoisotopic (exact) mass is 316 g/mol. The van der Waals surface area contributed by atoms with Crippen molar-refractivity contribution in [2.45, 2.75) is 6.92 Å². The summed E-state index contributed by atoms with van der Waals surface area (Å²) in [5.74, 6) is 0.704. The molecule has 1 N–H and O–H groups in total. The van der Waals surface area contributed by atoms with E-state index in [1.165, 1.54) is 0 Å². The predicted molar refractivity (Wildman–Crippen MR) is 93.9 cm³/mol. The van der Waals surface area contributed by atoms with Gasteiger partial charge in [-0.05, 0) is 36.2 Å². The van der Waals surface area contributed by atoms with E-state index in [0.29, 0.717) is 17.0 Å². The van der Waals surface area contributed by atoms with Crippen molar-refractivity contribution in [1.29, 1.82) is 5.26 Å². The van der Waals surface area contributed by atoms with Gasteiger partial charge in [-0.2, -0.15) is 5.26 Å². The summed E-state index contributed by atoms with van der Waals surface area (Å²) in [5.41, 5.74) is 3.73. The second-order valence-electron chi connectivity index (χ2n) is 5.46. The number of H-pyrrole nitrogens is 1. The molecule has 118 valence electrons. The summed E-state index contributed by atoms with van der Waals surface area (Å²) in [6, 6.07) is 19.0. The fourth-order valence-corrected chi connectivity index (χ4v) is 2.70. The lowest BCUT2D eigenvalue weighted by Crippen LogP contribution is -2.13. The van der Waals surface area contributed by atoms with E-state index in [9.17, 15) is 10.1 Å². The van der Waals surface area contributed by atoms with Gasteiger partial charge in [0.1, 0.15) is 17.4 Å². The second-order valence-corrected chi connectivity index (χ2v) is 5.46. The lowest BCUT2D eigenvalue weighted by molar-refractivity contribution is 0.415. The Morgan fingerprint density at radius 2 is 1.83 bits per heavy atom. The first kappa shape index (κ1) is 15.6. The van der Waals surface area contributed by atoms with Crippen LogP contribution in [0.2, 0.25) is 0 Å². The summed E-state index contributed by atoms with van der Waals surface area (Å²) < 4.78 is 5.24. The van der Waals surface area contributed by atoms with E-state index in [-0.39, 0.29) is 5.56 Å². The lowest BCUT2D eigenvalue weighted by Gasteiger charge is -2.11. The van der Waals surface area contributed by atoms with Crippen molar-refractivity contribution in [3.05, 3.63) is 76.1 Å². The van der Waals surface area contributed by atoms with Gasteiger partial charge in [-0.3, -0.25) is 4.79 Å². The third kappa shape index (κ3) is 2.80. The average molecular weight is 316 g/mol. The molecular formula is C20H16N2O2. The minimum Gasteiger partial charge on any atom is -0.497 e. The maximum atomic E-state index is 12.4. The quantitative estimate of drug-likeness (QED) is 0.797. The number of aromatic amines is 1. The van der Waals surface area contributed by atoms with E-state index in [2.05, 4.69) is 4.98 Å². The number of rotatable bonds is 3. The number of hydrogen-bond acceptors (Lipinski definition) is 3. The SMILES string of the molecule is COc1cccc(-c2cc(-c3ccccc3C)c(C#N)c(=O)[nH]2)c1. The van der Waals surface area contributed by atoms with E-state index in [4.69, 9.17) is 4.74 Å². The van der Waals surface area contributed by atoms with Crippen LogP contribution in [-0.2, 0) is 0 Å². The van der Waals surface area contributed by atoms with Gasteiger partial charge in [0.2, 0.25) is 0 Å². The van der Waals surface area contributed by atoms with Crippen LogP contribution in [0, 0.1) is 18.3 Å². The standard InChI is InChI=1S/C20H16N2O2/c1-13-6-3-4-9-16(13)17-11-19(22-20(23)18(17)12-21)14-7-5-8-15(10-14)24-2/h3-11H,1-2H3,(H,22,23). The Balaban J connectivity index is 2.27. The van der Waals surface area contributed by atoms with E-state index in [1.807, 2.05) is 67.6 Å². The highest BCUT2D eigenvalue weighted by Crippen LogP contribution is 2.29. The van der Waals surface area contributed by atoms with E-state index < -0.39 is 5.56 Å². The van der Waals surface area contributed by atoms with E-state index >= 15 is 0 Å². The molecule has 4 nitrogen and oxygen atoms in total. The van der Waals surface area contributed by atoms with Crippen LogP contribution < -0.4 is 10.3 Å². The van der Waals surface area contributed by atoms with Crippen molar-refractivity contribution in [3.8, 4) is 34.2 Å². The predicted octanol–water partition coefficient (Wildman–Crippen LogP) is 3.90. The maximum absolute atomic E-state index is 12.4. The molecule has 0 radical (unpaired) electrons. The molecule has 0 saturated carbocycles. The Hall–Kier alpha value is -3.32. The first-order valence-electron chi connectivity index (χ1n) is 7.52. The molecule has 1 aromatic heterocycles. The molecule has 0 atom stereocenters. The Labute approximate surface area is 140 Å². The smallest absolute Gasteiger partial charge is 0.266 e. The summed E-state index contributed by atoms with van der Waals surface area (Å²) in [5, 5.41) is 9.41. The zero-order chi connectivity index (χ0) is 17.1. The summed E-state index contributed by atoms with van der Waals surface area (Å²) in [6.45, 7) is 1.96. The van der Waals surface area contributed by atoms with Gasteiger partial charge >= 0.3 is 0 Å². The molecule has 0 aliphatic heterocycles. The molecule has 0 fully saturated rings. The number of pyridine rings is 1. The highest BCUT2D eigenvalue weighted by molar-refractivity contribution is 5.77. The summed E-state index contributed by atoms with van der Waals surface area (Å²) >= 11 is 0. The molecule has 0 unspecified atom stereocenters. The van der Waals surface area contributed by atoms with Crippen molar-refractivity contribution in [2.75, 3.05) is 7.11 Å². The molecule has 0 aliphatic rings. The summed E-state index contributed by atoms with van der Waals surface area (Å²) in [6.07, 6.45) is 0. The zero-order valence-corrected chi connectivity index (χ0v) is 13.5. The third-order valence-electron chi connectivity index (χ3n) is 3.96. The average Bonchev–Trinajstić information content (AvgIpc) is 2.61. The van der Waals surface area contributed by atoms with Crippen LogP contribution in [-0.4, -0.2) is 12.1 Å². The minimum absolute atomic E-state index is 0.121. The highest BCUT2D eigenvalue weighted by atomic mass is 16.5. The molecule has 0 aliphatic carbocycles. The number of aryl methyl sites for hydroxylation is 1. The molecule has 1 heterocycles. The van der Waals surface area contributed by atoms with Crippen LogP contribution in [0.4, 0.5) is 0 Å². The van der Waals surface area contributed by atoms with Crippen molar-refractivity contribution < 1.29 is 4.74 Å². The Morgan fingerprint density at radius 1 is 1.04 bits per heavy atom. The molecule has 2 aromatic carbocycles. The number of benzene rings is 2. The summed E-state index contributed by atoms with van der Waals surface area (Å²) in [4.78, 5) is 15.2. The van der Waals surface area contributed by atoms with Gasteiger partial charge in [-0.1, -0.05) is 36.4 Å². The number of methoxy groups -OCH3 is 1. The van der Waals surface area contributed by atoms with Crippen LogP contribution in [0.25, 0.3) is 22.4 Å². The van der Waals surface area contributed by atoms with Gasteiger partial charge in [0, 0.05) is 16.8 Å². The van der Waals surface area contributed by atoms with E-state index in [1.54, 1.807) is 7.11 Å². The fraction of sp³-hybridized carbons (Fsp3) is 0.100. The van der Waals surface area contributed by atoms with Crippen molar-refractivity contribution in [2.24, 2.45) is 0 Å². The molecule has 3 aromatic rings. The number of nitrogens with one attached hydrogen (secondary N) is 1. The topological polar surface area (TPSA) is 65.9 Å². The second kappa shape index (κ2) is 6.43.